The van der Waals surface area contributed by atoms with Gasteiger partial charge in [-0.25, -0.2) is 4.98 Å². The van der Waals surface area contributed by atoms with Crippen LogP contribution in [0.3, 0.4) is 0 Å². The van der Waals surface area contributed by atoms with Crippen LogP contribution in [-0.4, -0.2) is 9.91 Å². The third-order valence-corrected chi connectivity index (χ3v) is 3.94. The highest BCUT2D eigenvalue weighted by Gasteiger charge is 2.19. The van der Waals surface area contributed by atoms with Crippen molar-refractivity contribution in [3.8, 4) is 0 Å². The van der Waals surface area contributed by atoms with Crippen molar-refractivity contribution in [3.63, 3.8) is 0 Å². The van der Waals surface area contributed by atoms with Gasteiger partial charge in [-0.1, -0.05) is 37.5 Å². The molecule has 0 spiro atoms. The molecule has 2 aromatic rings. The molecule has 1 aromatic heterocycles. The minimum absolute atomic E-state index is 0.107. The number of fused-ring (bicyclic) bond motifs is 1. The Morgan fingerprint density at radius 1 is 1.11 bits per heavy atom. The van der Waals surface area contributed by atoms with Crippen LogP contribution in [0.4, 0.5) is 5.69 Å². The van der Waals surface area contributed by atoms with Crippen molar-refractivity contribution in [2.75, 3.05) is 0 Å². The number of nitro benzene ring substituents is 1. The Kier molecular flexibility index (Phi) is 3.15. The lowest BCUT2D eigenvalue weighted by Crippen LogP contribution is -2.06. The monoisotopic (exact) mass is 256 g/mol. The Morgan fingerprint density at radius 3 is 2.63 bits per heavy atom. The summed E-state index contributed by atoms with van der Waals surface area (Å²) < 4.78 is 0. The number of nitrogens with zero attached hydrogens (tertiary/aromatic N) is 2. The van der Waals surface area contributed by atoms with Crippen molar-refractivity contribution in [2.45, 2.75) is 38.0 Å². The van der Waals surface area contributed by atoms with Crippen molar-refractivity contribution in [1.29, 1.82) is 0 Å². The van der Waals surface area contributed by atoms with Crippen LogP contribution < -0.4 is 0 Å². The highest BCUT2D eigenvalue weighted by Crippen LogP contribution is 2.33. The van der Waals surface area contributed by atoms with E-state index in [1.165, 1.54) is 25.3 Å². The second kappa shape index (κ2) is 4.96. The number of para-hydroxylation sites is 1. The van der Waals surface area contributed by atoms with Gasteiger partial charge in [-0.3, -0.25) is 10.1 Å². The summed E-state index contributed by atoms with van der Waals surface area (Å²) in [7, 11) is 0. The van der Waals surface area contributed by atoms with Crippen LogP contribution in [0, 0.1) is 10.1 Å². The molecule has 0 radical (unpaired) electrons. The summed E-state index contributed by atoms with van der Waals surface area (Å²) in [6.07, 6.45) is 6.07. The van der Waals surface area contributed by atoms with Crippen LogP contribution in [0.5, 0.6) is 0 Å². The lowest BCUT2D eigenvalue weighted by molar-refractivity contribution is -0.383. The van der Waals surface area contributed by atoms with Gasteiger partial charge in [0.05, 0.1) is 4.92 Å². The zero-order chi connectivity index (χ0) is 13.2. The SMILES string of the molecule is O=[N+]([O-])c1cccc2ccc(C3CCCCC3)nc12. The smallest absolute Gasteiger partial charge is 0.258 e. The van der Waals surface area contributed by atoms with Gasteiger partial charge in [0.2, 0.25) is 0 Å². The highest BCUT2D eigenvalue weighted by molar-refractivity contribution is 5.87. The molecule has 0 N–H and O–H groups in total. The number of aromatic nitrogens is 1. The number of benzene rings is 1. The number of rotatable bonds is 2. The number of pyridine rings is 1. The normalized spacial score (nSPS) is 16.6. The molecule has 98 valence electrons. The molecule has 4 nitrogen and oxygen atoms in total. The standard InChI is InChI=1S/C15H16N2O2/c18-17(19)14-8-4-7-12-9-10-13(16-15(12)14)11-5-2-1-3-6-11/h4,7-11H,1-3,5-6H2. The van der Waals surface area contributed by atoms with Crippen molar-refractivity contribution >= 4 is 16.6 Å². The van der Waals surface area contributed by atoms with E-state index in [9.17, 15) is 10.1 Å². The summed E-state index contributed by atoms with van der Waals surface area (Å²) in [6.45, 7) is 0. The molecule has 0 aliphatic heterocycles. The predicted octanol–water partition coefficient (Wildman–Crippen LogP) is 4.19. The van der Waals surface area contributed by atoms with E-state index in [1.54, 1.807) is 6.07 Å². The Balaban J connectivity index is 2.08. The van der Waals surface area contributed by atoms with E-state index in [4.69, 9.17) is 0 Å². The molecule has 0 atom stereocenters. The average molecular weight is 256 g/mol. The third-order valence-electron chi connectivity index (χ3n) is 3.94. The summed E-state index contributed by atoms with van der Waals surface area (Å²) in [5, 5.41) is 11.9. The molecule has 19 heavy (non-hydrogen) atoms. The highest BCUT2D eigenvalue weighted by atomic mass is 16.6. The van der Waals surface area contributed by atoms with E-state index in [0.717, 1.165) is 23.9 Å². The molecule has 0 saturated heterocycles. The molecule has 4 heteroatoms. The van der Waals surface area contributed by atoms with Gasteiger partial charge in [0.25, 0.3) is 5.69 Å². The molecule has 1 aliphatic rings. The lowest BCUT2D eigenvalue weighted by atomic mass is 9.86. The van der Waals surface area contributed by atoms with E-state index in [2.05, 4.69) is 4.98 Å². The summed E-state index contributed by atoms with van der Waals surface area (Å²) in [4.78, 5) is 15.3. The summed E-state index contributed by atoms with van der Waals surface area (Å²) in [5.41, 5.74) is 1.65. The number of hydrogen-bond donors (Lipinski definition) is 0. The van der Waals surface area contributed by atoms with Gasteiger partial charge >= 0.3 is 0 Å². The van der Waals surface area contributed by atoms with Crippen molar-refractivity contribution < 1.29 is 4.92 Å². The molecule has 1 aromatic carbocycles. The minimum Gasteiger partial charge on any atom is -0.258 e. The summed E-state index contributed by atoms with van der Waals surface area (Å²) in [6, 6.07) is 9.10. The van der Waals surface area contributed by atoms with Crippen molar-refractivity contribution in [1.82, 2.24) is 4.98 Å². The largest absolute Gasteiger partial charge is 0.295 e. The molecule has 0 unspecified atom stereocenters. The van der Waals surface area contributed by atoms with E-state index >= 15 is 0 Å². The predicted molar refractivity (Wildman–Crippen MR) is 74.2 cm³/mol. The maximum Gasteiger partial charge on any atom is 0.295 e. The van der Waals surface area contributed by atoms with Crippen LogP contribution in [0.15, 0.2) is 30.3 Å². The van der Waals surface area contributed by atoms with Crippen LogP contribution in [0.25, 0.3) is 10.9 Å². The van der Waals surface area contributed by atoms with Crippen LogP contribution in [0.1, 0.15) is 43.7 Å². The minimum atomic E-state index is -0.347. The summed E-state index contributed by atoms with van der Waals surface area (Å²) >= 11 is 0. The molecule has 0 bridgehead atoms. The second-order valence-corrected chi connectivity index (χ2v) is 5.18. The topological polar surface area (TPSA) is 56.0 Å². The van der Waals surface area contributed by atoms with Gasteiger partial charge in [0.1, 0.15) is 5.52 Å². The second-order valence-electron chi connectivity index (χ2n) is 5.18. The van der Waals surface area contributed by atoms with E-state index < -0.39 is 0 Å². The van der Waals surface area contributed by atoms with Gasteiger partial charge < -0.3 is 0 Å². The molecular formula is C15H16N2O2. The maximum atomic E-state index is 11.1. The first-order chi connectivity index (χ1) is 9.25. The molecule has 1 saturated carbocycles. The van der Waals surface area contributed by atoms with E-state index in [1.807, 2.05) is 18.2 Å². The Hall–Kier alpha value is -1.97. The van der Waals surface area contributed by atoms with Crippen LogP contribution in [-0.2, 0) is 0 Å². The zero-order valence-electron chi connectivity index (χ0n) is 10.7. The van der Waals surface area contributed by atoms with Gasteiger partial charge in [0, 0.05) is 23.1 Å². The zero-order valence-corrected chi connectivity index (χ0v) is 10.7. The molecule has 1 aliphatic carbocycles. The van der Waals surface area contributed by atoms with E-state index in [-0.39, 0.29) is 10.6 Å². The molecular weight excluding hydrogens is 240 g/mol. The Bertz CT molecular complexity index is 619. The van der Waals surface area contributed by atoms with Gasteiger partial charge in [-0.05, 0) is 18.9 Å². The van der Waals surface area contributed by atoms with Crippen LogP contribution >= 0.6 is 0 Å². The van der Waals surface area contributed by atoms with Gasteiger partial charge in [0.15, 0.2) is 0 Å². The first-order valence-corrected chi connectivity index (χ1v) is 6.80. The fraction of sp³-hybridized carbons (Fsp3) is 0.400. The fourth-order valence-electron chi connectivity index (χ4n) is 2.92. The number of nitro groups is 1. The van der Waals surface area contributed by atoms with Crippen molar-refractivity contribution in [2.24, 2.45) is 0 Å². The average Bonchev–Trinajstić information content (AvgIpc) is 2.47. The fourth-order valence-corrected chi connectivity index (χ4v) is 2.92. The molecule has 0 amide bonds. The lowest BCUT2D eigenvalue weighted by Gasteiger charge is -2.21. The molecule has 1 heterocycles. The number of non-ortho nitro benzene ring substituents is 1. The molecule has 3 rings (SSSR count). The van der Waals surface area contributed by atoms with Gasteiger partial charge in [-0.15, -0.1) is 0 Å². The Labute approximate surface area is 111 Å². The van der Waals surface area contributed by atoms with Crippen LogP contribution in [0.2, 0.25) is 0 Å². The summed E-state index contributed by atoms with van der Waals surface area (Å²) in [5.74, 6) is 0.470. The Morgan fingerprint density at radius 2 is 1.89 bits per heavy atom. The van der Waals surface area contributed by atoms with Gasteiger partial charge in [-0.2, -0.15) is 0 Å². The quantitative estimate of drug-likeness (QED) is 0.598. The third kappa shape index (κ3) is 2.30. The molecule has 1 fully saturated rings. The number of hydrogen-bond acceptors (Lipinski definition) is 3. The first kappa shape index (κ1) is 12.1. The maximum absolute atomic E-state index is 11.1. The first-order valence-electron chi connectivity index (χ1n) is 6.80. The van der Waals surface area contributed by atoms with E-state index in [0.29, 0.717) is 11.4 Å². The van der Waals surface area contributed by atoms with Crippen molar-refractivity contribution in [3.05, 3.63) is 46.1 Å².